The van der Waals surface area contributed by atoms with Crippen molar-refractivity contribution in [3.63, 3.8) is 0 Å². The van der Waals surface area contributed by atoms with Crippen molar-refractivity contribution in [2.24, 2.45) is 16.6 Å². The SMILES string of the molecule is Cc1cc(C(=O)NC[C@@H](C)Oc2ncc(C(F)(F)F)cc2Cl)cc(NC(N)=NCC(C)C)n1. The van der Waals surface area contributed by atoms with E-state index in [1.54, 1.807) is 19.9 Å². The number of ether oxygens (including phenoxy) is 1. The average Bonchev–Trinajstić information content (AvgIpc) is 2.70. The van der Waals surface area contributed by atoms with E-state index < -0.39 is 23.8 Å². The van der Waals surface area contributed by atoms with Crippen LogP contribution in [0.4, 0.5) is 19.0 Å². The van der Waals surface area contributed by atoms with Crippen LogP contribution < -0.4 is 21.1 Å². The lowest BCUT2D eigenvalue weighted by atomic mass is 10.2. The predicted octanol–water partition coefficient (Wildman–Crippen LogP) is 4.04. The number of halogens is 4. The van der Waals surface area contributed by atoms with Gasteiger partial charge in [0, 0.05) is 24.0 Å². The second-order valence-corrected chi connectivity index (χ2v) is 8.18. The van der Waals surface area contributed by atoms with Crippen molar-refractivity contribution in [3.8, 4) is 5.88 Å². The summed E-state index contributed by atoms with van der Waals surface area (Å²) in [6.45, 7) is 7.97. The van der Waals surface area contributed by atoms with Gasteiger partial charge in [-0.1, -0.05) is 25.4 Å². The van der Waals surface area contributed by atoms with Crippen molar-refractivity contribution in [2.45, 2.75) is 40.0 Å². The molecule has 0 radical (unpaired) electrons. The molecule has 33 heavy (non-hydrogen) atoms. The third-order valence-electron chi connectivity index (χ3n) is 4.10. The summed E-state index contributed by atoms with van der Waals surface area (Å²) in [7, 11) is 0. The van der Waals surface area contributed by atoms with Crippen LogP contribution in [-0.2, 0) is 6.18 Å². The summed E-state index contributed by atoms with van der Waals surface area (Å²) in [5.74, 6) is 0.345. The molecular formula is C21H26ClF3N6O2. The Balaban J connectivity index is 1.98. The van der Waals surface area contributed by atoms with Gasteiger partial charge in [0.2, 0.25) is 5.88 Å². The Kier molecular flexibility index (Phi) is 8.86. The Labute approximate surface area is 194 Å². The molecule has 0 saturated carbocycles. The molecule has 1 amide bonds. The van der Waals surface area contributed by atoms with Gasteiger partial charge in [-0.2, -0.15) is 13.2 Å². The fourth-order valence-corrected chi connectivity index (χ4v) is 2.76. The molecule has 0 aromatic carbocycles. The van der Waals surface area contributed by atoms with Gasteiger partial charge in [0.15, 0.2) is 5.96 Å². The van der Waals surface area contributed by atoms with Gasteiger partial charge < -0.3 is 21.1 Å². The first-order chi connectivity index (χ1) is 15.3. The maximum atomic E-state index is 12.7. The van der Waals surface area contributed by atoms with Gasteiger partial charge in [0.05, 0.1) is 12.1 Å². The Morgan fingerprint density at radius 2 is 1.97 bits per heavy atom. The Hall–Kier alpha value is -3.08. The first-order valence-corrected chi connectivity index (χ1v) is 10.5. The minimum Gasteiger partial charge on any atom is -0.472 e. The summed E-state index contributed by atoms with van der Waals surface area (Å²) in [5, 5.41) is 5.27. The number of alkyl halides is 3. The molecule has 0 saturated heterocycles. The zero-order valence-corrected chi connectivity index (χ0v) is 19.4. The van der Waals surface area contributed by atoms with E-state index in [0.29, 0.717) is 35.7 Å². The van der Waals surface area contributed by atoms with Crippen LogP contribution in [0.3, 0.4) is 0 Å². The highest BCUT2D eigenvalue weighted by Crippen LogP contribution is 2.33. The van der Waals surface area contributed by atoms with E-state index in [-0.39, 0.29) is 23.4 Å². The minimum absolute atomic E-state index is 0.0555. The molecule has 1 atom stereocenters. The van der Waals surface area contributed by atoms with E-state index in [0.717, 1.165) is 6.07 Å². The highest BCUT2D eigenvalue weighted by Gasteiger charge is 2.32. The molecule has 2 rings (SSSR count). The van der Waals surface area contributed by atoms with Crippen LogP contribution in [-0.4, -0.2) is 41.0 Å². The molecule has 0 aliphatic heterocycles. The Morgan fingerprint density at radius 1 is 1.27 bits per heavy atom. The normalized spacial score (nSPS) is 13.1. The maximum Gasteiger partial charge on any atom is 0.417 e. The molecule has 0 spiro atoms. The van der Waals surface area contributed by atoms with Gasteiger partial charge in [-0.3, -0.25) is 9.79 Å². The summed E-state index contributed by atoms with van der Waals surface area (Å²) in [4.78, 5) is 24.7. The van der Waals surface area contributed by atoms with Gasteiger partial charge in [-0.25, -0.2) is 9.97 Å². The zero-order chi connectivity index (χ0) is 24.8. The topological polar surface area (TPSA) is 115 Å². The van der Waals surface area contributed by atoms with Crippen LogP contribution in [0.1, 0.15) is 42.4 Å². The van der Waals surface area contributed by atoms with E-state index >= 15 is 0 Å². The van der Waals surface area contributed by atoms with Crippen molar-refractivity contribution >= 4 is 29.3 Å². The molecule has 0 bridgehead atoms. The first-order valence-electron chi connectivity index (χ1n) is 10.1. The van der Waals surface area contributed by atoms with E-state index in [1.165, 1.54) is 6.07 Å². The number of aryl methyl sites for hydroxylation is 1. The molecule has 0 aliphatic rings. The molecular weight excluding hydrogens is 461 g/mol. The number of nitrogens with two attached hydrogens (primary N) is 1. The van der Waals surface area contributed by atoms with E-state index in [2.05, 4.69) is 25.6 Å². The molecule has 2 aromatic heterocycles. The summed E-state index contributed by atoms with van der Waals surface area (Å²) in [6, 6.07) is 3.86. The van der Waals surface area contributed by atoms with Gasteiger partial charge in [-0.15, -0.1) is 0 Å². The molecule has 180 valence electrons. The maximum absolute atomic E-state index is 12.7. The largest absolute Gasteiger partial charge is 0.472 e. The molecule has 4 N–H and O–H groups in total. The standard InChI is InChI=1S/C21H26ClF3N6O2/c1-11(2)8-29-20(26)31-17-6-14(5-12(3)30-17)18(32)27-9-13(4)33-19-16(22)7-15(10-28-19)21(23,24)25/h5-7,10-11,13H,8-9H2,1-4H3,(H,27,32)(H3,26,29,30,31)/t13-/m1/s1. The van der Waals surface area contributed by atoms with Gasteiger partial charge in [-0.05, 0) is 38.0 Å². The first kappa shape index (κ1) is 26.2. The number of aliphatic imine (C=N–C) groups is 1. The van der Waals surface area contributed by atoms with Crippen molar-refractivity contribution in [1.82, 2.24) is 15.3 Å². The Morgan fingerprint density at radius 3 is 2.58 bits per heavy atom. The highest BCUT2D eigenvalue weighted by atomic mass is 35.5. The number of anilines is 1. The van der Waals surface area contributed by atoms with Crippen molar-refractivity contribution < 1.29 is 22.7 Å². The molecule has 8 nitrogen and oxygen atoms in total. The minimum atomic E-state index is -4.56. The lowest BCUT2D eigenvalue weighted by Gasteiger charge is -2.16. The fraction of sp³-hybridized carbons (Fsp3) is 0.429. The van der Waals surface area contributed by atoms with Crippen LogP contribution >= 0.6 is 11.6 Å². The number of rotatable bonds is 8. The summed E-state index contributed by atoms with van der Waals surface area (Å²) in [6.07, 6.45) is -4.54. The van der Waals surface area contributed by atoms with Gasteiger partial charge in [0.25, 0.3) is 5.91 Å². The van der Waals surface area contributed by atoms with Crippen LogP contribution in [0.5, 0.6) is 5.88 Å². The highest BCUT2D eigenvalue weighted by molar-refractivity contribution is 6.31. The van der Waals surface area contributed by atoms with Gasteiger partial charge >= 0.3 is 6.18 Å². The van der Waals surface area contributed by atoms with Crippen LogP contribution in [0.2, 0.25) is 5.02 Å². The Bertz CT molecular complexity index is 1010. The smallest absolute Gasteiger partial charge is 0.417 e. The summed E-state index contributed by atoms with van der Waals surface area (Å²) >= 11 is 5.85. The lowest BCUT2D eigenvalue weighted by molar-refractivity contribution is -0.137. The molecule has 0 unspecified atom stereocenters. The molecule has 12 heteroatoms. The number of carbonyl (C=O) groups is 1. The molecule has 2 heterocycles. The third-order valence-corrected chi connectivity index (χ3v) is 4.37. The average molecular weight is 487 g/mol. The number of nitrogens with zero attached hydrogens (tertiary/aromatic N) is 3. The van der Waals surface area contributed by atoms with Crippen LogP contribution in [0, 0.1) is 12.8 Å². The number of hydrogen-bond acceptors (Lipinski definition) is 5. The molecule has 0 fully saturated rings. The fourth-order valence-electron chi connectivity index (χ4n) is 2.55. The monoisotopic (exact) mass is 486 g/mol. The van der Waals surface area contributed by atoms with Crippen molar-refractivity contribution in [2.75, 3.05) is 18.4 Å². The quantitative estimate of drug-likeness (QED) is 0.383. The second kappa shape index (κ2) is 11.2. The molecule has 0 aliphatic carbocycles. The second-order valence-electron chi connectivity index (χ2n) is 7.77. The van der Waals surface area contributed by atoms with Crippen molar-refractivity contribution in [3.05, 3.63) is 46.2 Å². The van der Waals surface area contributed by atoms with Crippen LogP contribution in [0.15, 0.2) is 29.4 Å². The number of guanidine groups is 1. The van der Waals surface area contributed by atoms with Crippen molar-refractivity contribution in [1.29, 1.82) is 0 Å². The summed E-state index contributed by atoms with van der Waals surface area (Å²) < 4.78 is 43.6. The number of pyridine rings is 2. The van der Waals surface area contributed by atoms with Crippen LogP contribution in [0.25, 0.3) is 0 Å². The molecule has 2 aromatic rings. The van der Waals surface area contributed by atoms with E-state index in [1.807, 2.05) is 13.8 Å². The third kappa shape index (κ3) is 8.41. The van der Waals surface area contributed by atoms with E-state index in [4.69, 9.17) is 22.1 Å². The number of carbonyl (C=O) groups excluding carboxylic acids is 1. The van der Waals surface area contributed by atoms with E-state index in [9.17, 15) is 18.0 Å². The number of nitrogens with one attached hydrogen (secondary N) is 2. The number of hydrogen-bond donors (Lipinski definition) is 3. The number of amides is 1. The number of aromatic nitrogens is 2. The summed E-state index contributed by atoms with van der Waals surface area (Å²) in [5.41, 5.74) is 5.79. The predicted molar refractivity (Wildman–Crippen MR) is 121 cm³/mol. The zero-order valence-electron chi connectivity index (χ0n) is 18.6. The van der Waals surface area contributed by atoms with Gasteiger partial charge in [0.1, 0.15) is 16.9 Å². The lowest BCUT2D eigenvalue weighted by Crippen LogP contribution is -2.34.